The van der Waals surface area contributed by atoms with Crippen LogP contribution in [-0.2, 0) is 4.79 Å². The largest absolute Gasteiger partial charge is 0.296 e. The lowest BCUT2D eigenvalue weighted by molar-refractivity contribution is -0.124. The van der Waals surface area contributed by atoms with Gasteiger partial charge in [0.15, 0.2) is 0 Å². The van der Waals surface area contributed by atoms with Crippen LogP contribution in [0.5, 0.6) is 0 Å². The number of allylic oxidation sites excluding steroid dienone is 2. The molecule has 0 aromatic heterocycles. The summed E-state index contributed by atoms with van der Waals surface area (Å²) in [6.45, 7) is 3.24. The van der Waals surface area contributed by atoms with Crippen molar-refractivity contribution in [3.8, 4) is 0 Å². The van der Waals surface area contributed by atoms with Gasteiger partial charge in [0.1, 0.15) is 5.82 Å². The molecule has 2 nitrogen and oxygen atoms in total. The van der Waals surface area contributed by atoms with E-state index in [0.29, 0.717) is 5.56 Å². The Kier molecular flexibility index (Phi) is 3.09. The van der Waals surface area contributed by atoms with Crippen LogP contribution in [0.3, 0.4) is 0 Å². The number of nitrogens with zero attached hydrogens (tertiary/aromatic N) is 1. The fourth-order valence-corrected chi connectivity index (χ4v) is 1.73. The molecule has 1 aromatic carbocycles. The monoisotopic (exact) mass is 231 g/mol. The first-order valence-corrected chi connectivity index (χ1v) is 5.49. The minimum atomic E-state index is -0.196. The molecule has 0 spiro atoms. The van der Waals surface area contributed by atoms with Crippen molar-refractivity contribution in [2.24, 2.45) is 0 Å². The molecule has 1 aliphatic heterocycles. The molecule has 1 heterocycles. The molecule has 2 rings (SSSR count). The first-order chi connectivity index (χ1) is 8.08. The van der Waals surface area contributed by atoms with Gasteiger partial charge in [-0.3, -0.25) is 9.69 Å². The van der Waals surface area contributed by atoms with Gasteiger partial charge in [0, 0.05) is 25.2 Å². The van der Waals surface area contributed by atoms with Crippen LogP contribution in [0.15, 0.2) is 42.8 Å². The van der Waals surface area contributed by atoms with Crippen LogP contribution in [-0.4, -0.2) is 10.8 Å². The summed E-state index contributed by atoms with van der Waals surface area (Å²) in [6, 6.07) is 5.21. The fourth-order valence-electron chi connectivity index (χ4n) is 1.73. The standard InChI is InChI=1S/C14H14FNO/c1-10-3-4-13(9-14(10)15)12-5-7-16(8-6-12)11(2)17/h3-9,12H,1-2H3. The van der Waals surface area contributed by atoms with Crippen LogP contribution >= 0.6 is 0 Å². The zero-order valence-corrected chi connectivity index (χ0v) is 9.85. The van der Waals surface area contributed by atoms with Gasteiger partial charge in [0.05, 0.1) is 0 Å². The highest BCUT2D eigenvalue weighted by molar-refractivity contribution is 5.75. The van der Waals surface area contributed by atoms with Crippen molar-refractivity contribution in [1.29, 1.82) is 0 Å². The Morgan fingerprint density at radius 1 is 1.29 bits per heavy atom. The van der Waals surface area contributed by atoms with Crippen LogP contribution in [0.4, 0.5) is 4.39 Å². The second-order valence-corrected chi connectivity index (χ2v) is 4.14. The first-order valence-electron chi connectivity index (χ1n) is 5.49. The summed E-state index contributed by atoms with van der Waals surface area (Å²) in [5.74, 6) is -0.204. The summed E-state index contributed by atoms with van der Waals surface area (Å²) in [5.41, 5.74) is 1.53. The van der Waals surface area contributed by atoms with E-state index >= 15 is 0 Å². The van der Waals surface area contributed by atoms with E-state index in [0.717, 1.165) is 5.56 Å². The summed E-state index contributed by atoms with van der Waals surface area (Å²) in [4.78, 5) is 12.6. The molecule has 3 heteroatoms. The van der Waals surface area contributed by atoms with E-state index in [1.165, 1.54) is 17.9 Å². The van der Waals surface area contributed by atoms with Crippen molar-refractivity contribution >= 4 is 5.91 Å². The molecule has 17 heavy (non-hydrogen) atoms. The maximum atomic E-state index is 13.4. The van der Waals surface area contributed by atoms with Crippen molar-refractivity contribution < 1.29 is 9.18 Å². The lowest BCUT2D eigenvalue weighted by Gasteiger charge is -2.19. The van der Waals surface area contributed by atoms with Crippen LogP contribution < -0.4 is 0 Å². The summed E-state index contributed by atoms with van der Waals surface area (Å²) < 4.78 is 13.4. The molecule has 0 saturated heterocycles. The SMILES string of the molecule is CC(=O)N1C=CC(c2ccc(C)c(F)c2)C=C1. The first kappa shape index (κ1) is 11.6. The normalized spacial score (nSPS) is 15.4. The van der Waals surface area contributed by atoms with E-state index < -0.39 is 0 Å². The fraction of sp³-hybridized carbons (Fsp3) is 0.214. The highest BCUT2D eigenvalue weighted by atomic mass is 19.1. The second-order valence-electron chi connectivity index (χ2n) is 4.14. The quantitative estimate of drug-likeness (QED) is 0.727. The minimum absolute atomic E-state index is 0.0284. The van der Waals surface area contributed by atoms with Gasteiger partial charge in [0.25, 0.3) is 0 Å². The molecule has 0 N–H and O–H groups in total. The molecule has 1 aromatic rings. The Morgan fingerprint density at radius 3 is 2.47 bits per heavy atom. The molecule has 0 saturated carbocycles. The molecule has 0 radical (unpaired) electrons. The van der Waals surface area contributed by atoms with Crippen molar-refractivity contribution in [3.05, 3.63) is 59.7 Å². The zero-order chi connectivity index (χ0) is 12.4. The van der Waals surface area contributed by atoms with E-state index in [1.54, 1.807) is 25.4 Å². The van der Waals surface area contributed by atoms with Crippen molar-refractivity contribution in [3.63, 3.8) is 0 Å². The van der Waals surface area contributed by atoms with Gasteiger partial charge < -0.3 is 0 Å². The van der Waals surface area contributed by atoms with E-state index in [1.807, 2.05) is 18.2 Å². The Bertz CT molecular complexity index is 491. The number of aryl methyl sites for hydroxylation is 1. The zero-order valence-electron chi connectivity index (χ0n) is 9.85. The molecule has 88 valence electrons. The van der Waals surface area contributed by atoms with Gasteiger partial charge in [-0.25, -0.2) is 4.39 Å². The Balaban J connectivity index is 2.21. The van der Waals surface area contributed by atoms with Crippen molar-refractivity contribution in [2.75, 3.05) is 0 Å². The second kappa shape index (κ2) is 4.53. The Hall–Kier alpha value is -1.90. The number of halogens is 1. The van der Waals surface area contributed by atoms with Gasteiger partial charge in [-0.1, -0.05) is 24.3 Å². The summed E-state index contributed by atoms with van der Waals surface area (Å²) in [6.07, 6.45) is 7.19. The van der Waals surface area contributed by atoms with Crippen molar-refractivity contribution in [1.82, 2.24) is 4.90 Å². The third-order valence-electron chi connectivity index (χ3n) is 2.85. The Morgan fingerprint density at radius 2 is 1.94 bits per heavy atom. The molecule has 0 bridgehead atoms. The van der Waals surface area contributed by atoms with Gasteiger partial charge in [-0.15, -0.1) is 0 Å². The molecular weight excluding hydrogens is 217 g/mol. The van der Waals surface area contributed by atoms with Crippen LogP contribution in [0.25, 0.3) is 0 Å². The predicted octanol–water partition coefficient (Wildman–Crippen LogP) is 3.11. The topological polar surface area (TPSA) is 20.3 Å². The maximum absolute atomic E-state index is 13.4. The molecule has 1 aliphatic rings. The molecular formula is C14H14FNO. The highest BCUT2D eigenvalue weighted by Gasteiger charge is 2.12. The van der Waals surface area contributed by atoms with Crippen LogP contribution in [0.1, 0.15) is 24.0 Å². The van der Waals surface area contributed by atoms with Gasteiger partial charge in [0.2, 0.25) is 5.91 Å². The Labute approximate surface area is 100 Å². The van der Waals surface area contributed by atoms with Crippen molar-refractivity contribution in [2.45, 2.75) is 19.8 Å². The average molecular weight is 231 g/mol. The minimum Gasteiger partial charge on any atom is -0.296 e. The predicted molar refractivity (Wildman–Crippen MR) is 64.7 cm³/mol. The van der Waals surface area contributed by atoms with Crippen LogP contribution in [0, 0.1) is 12.7 Å². The maximum Gasteiger partial charge on any atom is 0.227 e. The molecule has 0 unspecified atom stereocenters. The lowest BCUT2D eigenvalue weighted by Crippen LogP contribution is -2.18. The number of rotatable bonds is 1. The third-order valence-corrected chi connectivity index (χ3v) is 2.85. The number of carbonyl (C=O) groups excluding carboxylic acids is 1. The average Bonchev–Trinajstić information content (AvgIpc) is 2.33. The smallest absolute Gasteiger partial charge is 0.227 e. The number of amides is 1. The number of hydrogen-bond acceptors (Lipinski definition) is 1. The highest BCUT2D eigenvalue weighted by Crippen LogP contribution is 2.24. The summed E-state index contributed by atoms with van der Waals surface area (Å²) >= 11 is 0. The third kappa shape index (κ3) is 2.44. The lowest BCUT2D eigenvalue weighted by atomic mass is 9.96. The molecule has 0 fully saturated rings. The summed E-state index contributed by atoms with van der Waals surface area (Å²) in [5, 5.41) is 0. The summed E-state index contributed by atoms with van der Waals surface area (Å²) in [7, 11) is 0. The van der Waals surface area contributed by atoms with Crippen LogP contribution in [0.2, 0.25) is 0 Å². The van der Waals surface area contributed by atoms with Gasteiger partial charge in [-0.05, 0) is 24.1 Å². The number of carbonyl (C=O) groups is 1. The van der Waals surface area contributed by atoms with E-state index in [9.17, 15) is 9.18 Å². The van der Waals surface area contributed by atoms with E-state index in [4.69, 9.17) is 0 Å². The molecule has 0 aliphatic carbocycles. The molecule has 1 amide bonds. The van der Waals surface area contributed by atoms with Gasteiger partial charge >= 0.3 is 0 Å². The van der Waals surface area contributed by atoms with Gasteiger partial charge in [-0.2, -0.15) is 0 Å². The number of benzene rings is 1. The number of hydrogen-bond donors (Lipinski definition) is 0. The molecule has 0 atom stereocenters. The van der Waals surface area contributed by atoms with E-state index in [-0.39, 0.29) is 17.6 Å². The van der Waals surface area contributed by atoms with E-state index in [2.05, 4.69) is 0 Å².